The largest absolute Gasteiger partial charge is 0.493 e. The number of methoxy groups -OCH3 is 1. The highest BCUT2D eigenvalue weighted by Gasteiger charge is 2.18. The molecule has 19 heavy (non-hydrogen) atoms. The molecule has 2 rings (SSSR count). The van der Waals surface area contributed by atoms with Crippen LogP contribution in [0.1, 0.15) is 25.3 Å². The van der Waals surface area contributed by atoms with Crippen molar-refractivity contribution in [1.82, 2.24) is 5.32 Å². The molecule has 1 aliphatic rings. The molecule has 0 radical (unpaired) electrons. The lowest BCUT2D eigenvalue weighted by molar-refractivity contribution is 0.0666. The predicted molar refractivity (Wildman–Crippen MR) is 74.8 cm³/mol. The molecule has 1 saturated heterocycles. The standard InChI is InChI=1S/C15H23NO3/c1-3-16-10-12-6-4-8-14(17-2)15(12)19-11-13-7-5-9-18-13/h4,6,8,13,16H,3,5,7,9-11H2,1-2H3. The van der Waals surface area contributed by atoms with Crippen molar-refractivity contribution in [2.75, 3.05) is 26.9 Å². The van der Waals surface area contributed by atoms with Crippen molar-refractivity contribution < 1.29 is 14.2 Å². The van der Waals surface area contributed by atoms with Crippen LogP contribution >= 0.6 is 0 Å². The zero-order valence-corrected chi connectivity index (χ0v) is 11.8. The Kier molecular flexibility index (Phi) is 5.48. The molecule has 0 bridgehead atoms. The van der Waals surface area contributed by atoms with E-state index >= 15 is 0 Å². The van der Waals surface area contributed by atoms with E-state index in [0.29, 0.717) is 6.61 Å². The van der Waals surface area contributed by atoms with Gasteiger partial charge in [0.05, 0.1) is 13.2 Å². The number of ether oxygens (including phenoxy) is 3. The summed E-state index contributed by atoms with van der Waals surface area (Å²) in [5.74, 6) is 1.62. The van der Waals surface area contributed by atoms with Crippen LogP contribution in [0.2, 0.25) is 0 Å². The summed E-state index contributed by atoms with van der Waals surface area (Å²) in [4.78, 5) is 0. The summed E-state index contributed by atoms with van der Waals surface area (Å²) in [6, 6.07) is 5.99. The minimum Gasteiger partial charge on any atom is -0.493 e. The number of hydrogen-bond acceptors (Lipinski definition) is 4. The van der Waals surface area contributed by atoms with Gasteiger partial charge < -0.3 is 19.5 Å². The van der Waals surface area contributed by atoms with Crippen LogP contribution in [-0.2, 0) is 11.3 Å². The monoisotopic (exact) mass is 265 g/mol. The van der Waals surface area contributed by atoms with Crippen LogP contribution < -0.4 is 14.8 Å². The van der Waals surface area contributed by atoms with E-state index in [1.54, 1.807) is 7.11 Å². The van der Waals surface area contributed by atoms with Gasteiger partial charge >= 0.3 is 0 Å². The minimum absolute atomic E-state index is 0.219. The van der Waals surface area contributed by atoms with E-state index in [-0.39, 0.29) is 6.10 Å². The lowest BCUT2D eigenvalue weighted by atomic mass is 10.1. The normalized spacial score (nSPS) is 18.5. The Morgan fingerprint density at radius 3 is 3.00 bits per heavy atom. The van der Waals surface area contributed by atoms with E-state index < -0.39 is 0 Å². The van der Waals surface area contributed by atoms with Crippen molar-refractivity contribution in [3.8, 4) is 11.5 Å². The van der Waals surface area contributed by atoms with Crippen LogP contribution in [0.15, 0.2) is 18.2 Å². The Morgan fingerprint density at radius 2 is 2.32 bits per heavy atom. The Bertz CT molecular complexity index is 389. The quantitative estimate of drug-likeness (QED) is 0.821. The molecule has 0 aromatic heterocycles. The SMILES string of the molecule is CCNCc1cccc(OC)c1OCC1CCCO1. The van der Waals surface area contributed by atoms with Gasteiger partial charge in [-0.2, -0.15) is 0 Å². The zero-order valence-electron chi connectivity index (χ0n) is 11.8. The highest BCUT2D eigenvalue weighted by atomic mass is 16.5. The van der Waals surface area contributed by atoms with Crippen LogP contribution in [0.25, 0.3) is 0 Å². The van der Waals surface area contributed by atoms with Gasteiger partial charge in [-0.1, -0.05) is 19.1 Å². The first-order chi connectivity index (χ1) is 9.35. The van der Waals surface area contributed by atoms with Gasteiger partial charge in [0.1, 0.15) is 6.61 Å². The van der Waals surface area contributed by atoms with Crippen molar-refractivity contribution in [2.45, 2.75) is 32.4 Å². The second-order valence-electron chi connectivity index (χ2n) is 4.67. The maximum Gasteiger partial charge on any atom is 0.165 e. The summed E-state index contributed by atoms with van der Waals surface area (Å²) < 4.78 is 16.9. The number of rotatable bonds is 7. The predicted octanol–water partition coefficient (Wildman–Crippen LogP) is 2.36. The Labute approximate surface area is 115 Å². The Morgan fingerprint density at radius 1 is 1.42 bits per heavy atom. The first kappa shape index (κ1) is 14.2. The van der Waals surface area contributed by atoms with Crippen molar-refractivity contribution in [3.05, 3.63) is 23.8 Å². The molecule has 106 valence electrons. The number of hydrogen-bond donors (Lipinski definition) is 1. The average molecular weight is 265 g/mol. The van der Waals surface area contributed by atoms with E-state index in [1.807, 2.05) is 12.1 Å². The van der Waals surface area contributed by atoms with Crippen molar-refractivity contribution in [3.63, 3.8) is 0 Å². The van der Waals surface area contributed by atoms with Gasteiger partial charge in [0.2, 0.25) is 0 Å². The molecule has 4 nitrogen and oxygen atoms in total. The molecule has 0 amide bonds. The summed E-state index contributed by atoms with van der Waals surface area (Å²) in [5, 5.41) is 3.32. The van der Waals surface area contributed by atoms with Gasteiger partial charge in [0, 0.05) is 18.7 Å². The van der Waals surface area contributed by atoms with Gasteiger partial charge in [0.15, 0.2) is 11.5 Å². The third kappa shape index (κ3) is 3.85. The molecule has 1 atom stereocenters. The van der Waals surface area contributed by atoms with Gasteiger partial charge in [0.25, 0.3) is 0 Å². The second-order valence-corrected chi connectivity index (χ2v) is 4.67. The molecule has 1 fully saturated rings. The number of nitrogens with one attached hydrogen (secondary N) is 1. The summed E-state index contributed by atoms with van der Waals surface area (Å²) in [6.45, 7) is 5.26. The maximum atomic E-state index is 5.95. The minimum atomic E-state index is 0.219. The molecule has 0 aliphatic carbocycles. The highest BCUT2D eigenvalue weighted by Crippen LogP contribution is 2.31. The summed E-state index contributed by atoms with van der Waals surface area (Å²) in [5.41, 5.74) is 1.12. The Hall–Kier alpha value is -1.26. The molecular formula is C15H23NO3. The molecule has 1 unspecified atom stereocenters. The Balaban J connectivity index is 2.05. The van der Waals surface area contributed by atoms with Crippen molar-refractivity contribution in [2.24, 2.45) is 0 Å². The number of para-hydroxylation sites is 1. The number of benzene rings is 1. The van der Waals surface area contributed by atoms with Crippen LogP contribution in [0, 0.1) is 0 Å². The molecule has 0 saturated carbocycles. The highest BCUT2D eigenvalue weighted by molar-refractivity contribution is 5.46. The van der Waals surface area contributed by atoms with Crippen LogP contribution in [0.5, 0.6) is 11.5 Å². The molecule has 0 spiro atoms. The fourth-order valence-corrected chi connectivity index (χ4v) is 2.24. The third-order valence-corrected chi connectivity index (χ3v) is 3.28. The van der Waals surface area contributed by atoms with E-state index in [0.717, 1.165) is 49.6 Å². The first-order valence-corrected chi connectivity index (χ1v) is 6.96. The average Bonchev–Trinajstić information content (AvgIpc) is 2.96. The molecule has 1 N–H and O–H groups in total. The van der Waals surface area contributed by atoms with E-state index in [2.05, 4.69) is 18.3 Å². The molecule has 1 aromatic carbocycles. The third-order valence-electron chi connectivity index (χ3n) is 3.28. The van der Waals surface area contributed by atoms with Crippen molar-refractivity contribution >= 4 is 0 Å². The van der Waals surface area contributed by atoms with Gasteiger partial charge in [-0.25, -0.2) is 0 Å². The van der Waals surface area contributed by atoms with Gasteiger partial charge in [-0.05, 0) is 25.5 Å². The summed E-state index contributed by atoms with van der Waals surface area (Å²) >= 11 is 0. The second kappa shape index (κ2) is 7.36. The fourth-order valence-electron chi connectivity index (χ4n) is 2.24. The lowest BCUT2D eigenvalue weighted by Gasteiger charge is -2.17. The summed E-state index contributed by atoms with van der Waals surface area (Å²) in [7, 11) is 1.67. The molecule has 1 heterocycles. The molecule has 1 aromatic rings. The molecule has 4 heteroatoms. The van der Waals surface area contributed by atoms with Crippen molar-refractivity contribution in [1.29, 1.82) is 0 Å². The zero-order chi connectivity index (χ0) is 13.5. The van der Waals surface area contributed by atoms with Gasteiger partial charge in [-0.15, -0.1) is 0 Å². The molecule has 1 aliphatic heterocycles. The first-order valence-electron chi connectivity index (χ1n) is 6.96. The summed E-state index contributed by atoms with van der Waals surface area (Å²) in [6.07, 6.45) is 2.43. The topological polar surface area (TPSA) is 39.7 Å². The van der Waals surface area contributed by atoms with Crippen LogP contribution in [0.4, 0.5) is 0 Å². The lowest BCUT2D eigenvalue weighted by Crippen LogP contribution is -2.18. The van der Waals surface area contributed by atoms with E-state index in [1.165, 1.54) is 0 Å². The van der Waals surface area contributed by atoms with E-state index in [4.69, 9.17) is 14.2 Å². The molecular weight excluding hydrogens is 242 g/mol. The van der Waals surface area contributed by atoms with Crippen LogP contribution in [-0.4, -0.2) is 33.0 Å². The van der Waals surface area contributed by atoms with Gasteiger partial charge in [-0.3, -0.25) is 0 Å². The fraction of sp³-hybridized carbons (Fsp3) is 0.600. The van der Waals surface area contributed by atoms with E-state index in [9.17, 15) is 0 Å². The maximum absolute atomic E-state index is 5.95. The smallest absolute Gasteiger partial charge is 0.165 e. The van der Waals surface area contributed by atoms with Crippen LogP contribution in [0.3, 0.4) is 0 Å².